The molecule has 0 atom stereocenters. The fraction of sp³-hybridized carbons (Fsp3) is 0. The van der Waals surface area contributed by atoms with E-state index in [1.165, 1.54) is 33.0 Å². The van der Waals surface area contributed by atoms with Crippen molar-refractivity contribution in [1.82, 2.24) is 4.57 Å². The number of nitrogens with zero attached hydrogens (tertiary/aromatic N) is 1. The van der Waals surface area contributed by atoms with Gasteiger partial charge < -0.3 is 8.98 Å². The van der Waals surface area contributed by atoms with Gasteiger partial charge in [-0.05, 0) is 64.7 Å². The highest BCUT2D eigenvalue weighted by Crippen LogP contribution is 2.41. The van der Waals surface area contributed by atoms with Crippen LogP contribution in [-0.4, -0.2) is 4.57 Å². The summed E-state index contributed by atoms with van der Waals surface area (Å²) in [6, 6.07) is 47.3. The predicted molar refractivity (Wildman–Crippen MR) is 167 cm³/mol. The van der Waals surface area contributed by atoms with Gasteiger partial charge in [-0.1, -0.05) is 107 Å². The maximum atomic E-state index is 6.53. The van der Waals surface area contributed by atoms with Crippen LogP contribution in [0.1, 0.15) is 0 Å². The fourth-order valence-corrected chi connectivity index (χ4v) is 6.19. The Bertz CT molecular complexity index is 2170. The van der Waals surface area contributed by atoms with Crippen molar-refractivity contribution in [2.24, 2.45) is 0 Å². The van der Waals surface area contributed by atoms with Crippen LogP contribution in [0.25, 0.3) is 71.7 Å². The molecular formula is C36H22BrNO. The number of halogens is 1. The molecule has 6 aromatic carbocycles. The number of para-hydroxylation sites is 1. The monoisotopic (exact) mass is 563 g/mol. The molecular weight excluding hydrogens is 542 g/mol. The molecule has 0 fully saturated rings. The minimum absolute atomic E-state index is 0.908. The molecule has 39 heavy (non-hydrogen) atoms. The average molecular weight is 564 g/mol. The van der Waals surface area contributed by atoms with Gasteiger partial charge in [-0.3, -0.25) is 0 Å². The molecule has 184 valence electrons. The maximum absolute atomic E-state index is 6.53. The Kier molecular flexibility index (Phi) is 5.01. The van der Waals surface area contributed by atoms with E-state index in [1.54, 1.807) is 0 Å². The summed E-state index contributed by atoms with van der Waals surface area (Å²) in [4.78, 5) is 0. The van der Waals surface area contributed by atoms with Gasteiger partial charge in [0.25, 0.3) is 0 Å². The number of benzene rings is 6. The Morgan fingerprint density at radius 3 is 2.03 bits per heavy atom. The van der Waals surface area contributed by atoms with E-state index in [-0.39, 0.29) is 0 Å². The molecule has 0 saturated carbocycles. The van der Waals surface area contributed by atoms with Crippen molar-refractivity contribution in [3.8, 4) is 27.9 Å². The first kappa shape index (κ1) is 22.4. The summed E-state index contributed by atoms with van der Waals surface area (Å²) in [6.45, 7) is 0. The summed E-state index contributed by atoms with van der Waals surface area (Å²) in [5.41, 5.74) is 9.98. The van der Waals surface area contributed by atoms with Gasteiger partial charge in [-0.2, -0.15) is 0 Å². The number of fused-ring (bicyclic) bond motifs is 7. The number of rotatable bonds is 3. The van der Waals surface area contributed by atoms with Crippen LogP contribution in [-0.2, 0) is 0 Å². The minimum atomic E-state index is 0.908. The zero-order valence-electron chi connectivity index (χ0n) is 20.9. The summed E-state index contributed by atoms with van der Waals surface area (Å²) in [7, 11) is 0. The van der Waals surface area contributed by atoms with E-state index in [0.717, 1.165) is 43.1 Å². The van der Waals surface area contributed by atoms with E-state index in [1.807, 2.05) is 12.1 Å². The largest absolute Gasteiger partial charge is 0.454 e. The molecule has 0 aliphatic carbocycles. The summed E-state index contributed by atoms with van der Waals surface area (Å²) >= 11 is 3.69. The van der Waals surface area contributed by atoms with E-state index >= 15 is 0 Å². The smallest absolute Gasteiger partial charge is 0.160 e. The van der Waals surface area contributed by atoms with E-state index in [9.17, 15) is 0 Å². The van der Waals surface area contributed by atoms with Gasteiger partial charge in [0.1, 0.15) is 5.58 Å². The standard InChI is InChI=1S/C36H22BrNO/c37-27-17-20-33-32(22-27)30-18-19-31-29-11-4-5-12-34(29)39-36(31)35(30)38(33)28-10-6-9-26(21-28)25-15-13-24(14-16-25)23-7-2-1-3-8-23/h1-22H. The Morgan fingerprint density at radius 2 is 1.18 bits per heavy atom. The third kappa shape index (κ3) is 3.54. The second-order valence-electron chi connectivity index (χ2n) is 9.93. The van der Waals surface area contributed by atoms with Crippen LogP contribution in [0.3, 0.4) is 0 Å². The number of furan rings is 1. The lowest BCUT2D eigenvalue weighted by molar-refractivity contribution is 0.671. The van der Waals surface area contributed by atoms with Crippen molar-refractivity contribution in [3.05, 3.63) is 138 Å². The molecule has 0 aliphatic rings. The topological polar surface area (TPSA) is 18.1 Å². The highest BCUT2D eigenvalue weighted by Gasteiger charge is 2.19. The molecule has 2 heterocycles. The van der Waals surface area contributed by atoms with Gasteiger partial charge in [-0.25, -0.2) is 0 Å². The normalized spacial score (nSPS) is 11.7. The van der Waals surface area contributed by atoms with Crippen LogP contribution >= 0.6 is 15.9 Å². The lowest BCUT2D eigenvalue weighted by atomic mass is 10.00. The molecule has 8 aromatic rings. The van der Waals surface area contributed by atoms with Crippen LogP contribution in [0, 0.1) is 0 Å². The molecule has 2 aromatic heterocycles. The highest BCUT2D eigenvalue weighted by atomic mass is 79.9. The number of hydrogen-bond donors (Lipinski definition) is 0. The van der Waals surface area contributed by atoms with Gasteiger partial charge in [0.15, 0.2) is 5.58 Å². The molecule has 0 saturated heterocycles. The first-order valence-corrected chi connectivity index (χ1v) is 13.8. The Hall–Kier alpha value is -4.60. The van der Waals surface area contributed by atoms with Crippen molar-refractivity contribution in [2.75, 3.05) is 0 Å². The van der Waals surface area contributed by atoms with Crippen LogP contribution < -0.4 is 0 Å². The third-order valence-electron chi connectivity index (χ3n) is 7.66. The van der Waals surface area contributed by atoms with Gasteiger partial charge in [-0.15, -0.1) is 0 Å². The molecule has 0 aliphatic heterocycles. The second kappa shape index (κ2) is 8.72. The molecule has 0 unspecified atom stereocenters. The molecule has 0 bridgehead atoms. The zero-order chi connectivity index (χ0) is 25.9. The van der Waals surface area contributed by atoms with Crippen LogP contribution in [0.4, 0.5) is 0 Å². The van der Waals surface area contributed by atoms with E-state index in [0.29, 0.717) is 0 Å². The van der Waals surface area contributed by atoms with E-state index < -0.39 is 0 Å². The lowest BCUT2D eigenvalue weighted by Crippen LogP contribution is -1.94. The SMILES string of the molecule is Brc1ccc2c(c1)c1ccc3c4ccccc4oc3c1n2-c1cccc(-c2ccc(-c3ccccc3)cc2)c1. The van der Waals surface area contributed by atoms with Crippen molar-refractivity contribution < 1.29 is 4.42 Å². The zero-order valence-corrected chi connectivity index (χ0v) is 22.5. The van der Waals surface area contributed by atoms with Gasteiger partial charge in [0.2, 0.25) is 0 Å². The van der Waals surface area contributed by atoms with E-state index in [4.69, 9.17) is 4.42 Å². The van der Waals surface area contributed by atoms with Crippen molar-refractivity contribution in [2.45, 2.75) is 0 Å². The summed E-state index contributed by atoms with van der Waals surface area (Å²) < 4.78 is 9.94. The number of aromatic nitrogens is 1. The van der Waals surface area contributed by atoms with Crippen molar-refractivity contribution >= 4 is 59.7 Å². The molecule has 0 spiro atoms. The van der Waals surface area contributed by atoms with Gasteiger partial charge >= 0.3 is 0 Å². The molecule has 8 rings (SSSR count). The van der Waals surface area contributed by atoms with E-state index in [2.05, 4.69) is 142 Å². The highest BCUT2D eigenvalue weighted by molar-refractivity contribution is 9.10. The summed E-state index contributed by atoms with van der Waals surface area (Å²) in [5.74, 6) is 0. The second-order valence-corrected chi connectivity index (χ2v) is 10.8. The molecule has 0 amide bonds. The van der Waals surface area contributed by atoms with Crippen LogP contribution in [0.2, 0.25) is 0 Å². The molecule has 0 N–H and O–H groups in total. The quantitative estimate of drug-likeness (QED) is 0.209. The summed E-state index contributed by atoms with van der Waals surface area (Å²) in [5, 5.41) is 4.64. The average Bonchev–Trinajstić information content (AvgIpc) is 3.53. The number of hydrogen-bond acceptors (Lipinski definition) is 1. The van der Waals surface area contributed by atoms with Crippen LogP contribution in [0.15, 0.2) is 142 Å². The van der Waals surface area contributed by atoms with Gasteiger partial charge in [0, 0.05) is 31.7 Å². The molecule has 3 heteroatoms. The van der Waals surface area contributed by atoms with Gasteiger partial charge in [0.05, 0.1) is 11.0 Å². The Labute approximate surface area is 233 Å². The predicted octanol–water partition coefficient (Wildman–Crippen LogP) is 10.8. The fourth-order valence-electron chi connectivity index (χ4n) is 5.83. The lowest BCUT2D eigenvalue weighted by Gasteiger charge is -2.11. The first-order chi connectivity index (χ1) is 19.2. The first-order valence-electron chi connectivity index (χ1n) is 13.0. The molecule has 0 radical (unpaired) electrons. The van der Waals surface area contributed by atoms with Crippen LogP contribution in [0.5, 0.6) is 0 Å². The van der Waals surface area contributed by atoms with Crippen molar-refractivity contribution in [1.29, 1.82) is 0 Å². The molecule has 2 nitrogen and oxygen atoms in total. The minimum Gasteiger partial charge on any atom is -0.454 e. The third-order valence-corrected chi connectivity index (χ3v) is 8.16. The summed E-state index contributed by atoms with van der Waals surface area (Å²) in [6.07, 6.45) is 0. The Balaban J connectivity index is 1.36. The Morgan fingerprint density at radius 1 is 0.487 bits per heavy atom. The van der Waals surface area contributed by atoms with Crippen molar-refractivity contribution in [3.63, 3.8) is 0 Å². The maximum Gasteiger partial charge on any atom is 0.160 e.